The van der Waals surface area contributed by atoms with Gasteiger partial charge in [-0.3, -0.25) is 0 Å². The second kappa shape index (κ2) is 48.5. The normalized spacial score (nSPS) is 11.8. The molecule has 0 aliphatic carbocycles. The van der Waals surface area contributed by atoms with Crippen LogP contribution in [0, 0.1) is 27.7 Å². The first kappa shape index (κ1) is 103. The van der Waals surface area contributed by atoms with Crippen molar-refractivity contribution in [3.63, 3.8) is 0 Å². The van der Waals surface area contributed by atoms with Gasteiger partial charge in [-0.1, -0.05) is 133 Å². The van der Waals surface area contributed by atoms with Crippen LogP contribution in [0.1, 0.15) is 95.8 Å². The highest BCUT2D eigenvalue weighted by molar-refractivity contribution is 7.98. The third-order valence-electron chi connectivity index (χ3n) is 16.6. The van der Waals surface area contributed by atoms with Crippen LogP contribution in [-0.4, -0.2) is 169 Å². The number of carbonyl (C=O) groups is 5. The Hall–Kier alpha value is -15.0. The molecule has 5 aromatic carbocycles. The number of benzene rings is 5. The molecule has 0 saturated carbocycles. The number of hydrogen-bond acceptors (Lipinski definition) is 34. The lowest BCUT2D eigenvalue weighted by atomic mass is 10.0. The SMILES string of the molecule is COC(=O)C(=CO)c1ccccc1COc1cc(C(F)(F)F)nc(C)n1.COC(=O)C(=CO)c1ccccc1COc1cc(C(F)(F)F)nc(C)n1.COC(=O)C(=CO)c1ccccc1COc1cc(C(F)(F)F)nc(S(C)(=O)=O)n1.COC(=O)C(=CO)c1ccccc1COc1cc(C)nc(OC)n1.COC(=O)C(=CO)c1ccccc1COc1cc(C)nc(SC)n1. The molecule has 33 nitrogen and oxygen atoms in total. The van der Waals surface area contributed by atoms with Gasteiger partial charge in [-0.2, -0.15) is 64.4 Å². The lowest BCUT2D eigenvalue weighted by molar-refractivity contribution is -0.142. The Kier molecular flexibility index (Phi) is 38.6. The highest BCUT2D eigenvalue weighted by Crippen LogP contribution is 2.35. The van der Waals surface area contributed by atoms with Gasteiger partial charge in [-0.15, -0.1) is 0 Å². The van der Waals surface area contributed by atoms with Crippen LogP contribution in [0.4, 0.5) is 39.5 Å². The number of ether oxygens (including phenoxy) is 11. The summed E-state index contributed by atoms with van der Waals surface area (Å²) in [5, 5.41) is 46.2. The fourth-order valence-corrected chi connectivity index (χ4v) is 11.6. The first-order chi connectivity index (χ1) is 61.1. The average Bonchev–Trinajstić information content (AvgIpc) is 0.818. The molecule has 5 N–H and O–H groups in total. The van der Waals surface area contributed by atoms with E-state index in [4.69, 9.17) is 33.2 Å². The summed E-state index contributed by atoms with van der Waals surface area (Å²) in [6, 6.07) is 38.6. The molecule has 5 aromatic heterocycles. The molecular weight excluding hydrogens is 1760 g/mol. The summed E-state index contributed by atoms with van der Waals surface area (Å²) in [6.07, 6.45) is -8.42. The molecule has 10 rings (SSSR count). The number of halogens is 9. The number of carbonyl (C=O) groups excluding carboxylic acids is 5. The Morgan fingerprint density at radius 3 is 0.845 bits per heavy atom. The molecule has 0 aliphatic rings. The topological polar surface area (TPSA) is 451 Å². The molecule has 5 heterocycles. The third kappa shape index (κ3) is 30.7. The number of aliphatic hydroxyl groups is 5. The lowest BCUT2D eigenvalue weighted by Gasteiger charge is -2.13. The highest BCUT2D eigenvalue weighted by atomic mass is 32.2. The zero-order valence-corrected chi connectivity index (χ0v) is 71.8. The maximum Gasteiger partial charge on any atom is 0.433 e. The zero-order valence-electron chi connectivity index (χ0n) is 70.1. The van der Waals surface area contributed by atoms with Crippen LogP contribution in [-0.2, 0) is 109 Å². The number of aromatic nitrogens is 10. The fourth-order valence-electron chi connectivity index (χ4n) is 10.7. The number of nitrogens with zero attached hydrogens (tertiary/aromatic N) is 10. The molecule has 0 bridgehead atoms. The van der Waals surface area contributed by atoms with Crippen LogP contribution in [0.5, 0.6) is 35.4 Å². The second-order valence-electron chi connectivity index (χ2n) is 25.5. The predicted molar refractivity (Wildman–Crippen MR) is 443 cm³/mol. The number of sulfone groups is 1. The number of methoxy groups -OCH3 is 6. The van der Waals surface area contributed by atoms with Crippen molar-refractivity contribution in [1.29, 1.82) is 0 Å². The second-order valence-corrected chi connectivity index (χ2v) is 28.2. The zero-order chi connectivity index (χ0) is 95.5. The molecular formula is C85H81F9N10O23S2. The van der Waals surface area contributed by atoms with E-state index in [-0.39, 0.29) is 95.9 Å². The fraction of sp³-hybridized carbons (Fsp3) is 0.235. The van der Waals surface area contributed by atoms with Gasteiger partial charge in [-0.25, -0.2) is 57.3 Å². The number of thioether (sulfide) groups is 1. The molecule has 0 fully saturated rings. The smallest absolute Gasteiger partial charge is 0.433 e. The van der Waals surface area contributed by atoms with Crippen molar-refractivity contribution in [2.75, 3.05) is 55.2 Å². The molecule has 0 amide bonds. The van der Waals surface area contributed by atoms with E-state index in [1.165, 1.54) is 59.1 Å². The predicted octanol–water partition coefficient (Wildman–Crippen LogP) is 15.1. The molecule has 0 atom stereocenters. The minimum absolute atomic E-state index is 0.0492. The van der Waals surface area contributed by atoms with E-state index < -0.39 is 86.3 Å². The van der Waals surface area contributed by atoms with Gasteiger partial charge in [-0.05, 0) is 89.6 Å². The lowest BCUT2D eigenvalue weighted by Crippen LogP contribution is -2.15. The Bertz CT molecular complexity index is 5610. The van der Waals surface area contributed by atoms with Gasteiger partial charge in [0.05, 0.1) is 74.0 Å². The first-order valence-electron chi connectivity index (χ1n) is 36.7. The minimum atomic E-state index is -4.92. The number of alkyl halides is 9. The third-order valence-corrected chi connectivity index (χ3v) is 18.0. The molecule has 684 valence electrons. The Labute approximate surface area is 734 Å². The number of rotatable bonds is 28. The summed E-state index contributed by atoms with van der Waals surface area (Å²) in [4.78, 5) is 96.4. The molecule has 0 spiro atoms. The van der Waals surface area contributed by atoms with Gasteiger partial charge in [0.25, 0.3) is 5.16 Å². The van der Waals surface area contributed by atoms with E-state index in [1.807, 2.05) is 25.3 Å². The number of esters is 5. The monoisotopic (exact) mass is 1840 g/mol. The van der Waals surface area contributed by atoms with Crippen molar-refractivity contribution >= 4 is 79.3 Å². The Balaban J connectivity index is 0.000000249. The number of aryl methyl sites for hydroxylation is 4. The van der Waals surface area contributed by atoms with E-state index >= 15 is 0 Å². The van der Waals surface area contributed by atoms with Gasteiger partial charge < -0.3 is 77.6 Å². The molecule has 0 radical (unpaired) electrons. The molecule has 10 aromatic rings. The van der Waals surface area contributed by atoms with E-state index in [9.17, 15) is 97.4 Å². The molecule has 0 unspecified atom stereocenters. The molecule has 129 heavy (non-hydrogen) atoms. The summed E-state index contributed by atoms with van der Waals surface area (Å²) in [5.41, 5.74) is 2.02. The van der Waals surface area contributed by atoms with Crippen molar-refractivity contribution in [3.8, 4) is 35.4 Å². The summed E-state index contributed by atoms with van der Waals surface area (Å²) in [5.74, 6) is -4.15. The van der Waals surface area contributed by atoms with Crippen LogP contribution in [0.15, 0.2) is 193 Å². The van der Waals surface area contributed by atoms with Crippen molar-refractivity contribution in [1.82, 2.24) is 49.8 Å². The maximum absolute atomic E-state index is 13.0. The van der Waals surface area contributed by atoms with Crippen LogP contribution < -0.4 is 28.4 Å². The maximum atomic E-state index is 13.0. The van der Waals surface area contributed by atoms with Gasteiger partial charge in [0.15, 0.2) is 22.2 Å². The van der Waals surface area contributed by atoms with Gasteiger partial charge in [0.2, 0.25) is 39.2 Å². The number of hydrogen-bond donors (Lipinski definition) is 5. The highest BCUT2D eigenvalue weighted by Gasteiger charge is 2.37. The summed E-state index contributed by atoms with van der Waals surface area (Å²) in [6.45, 7) is 5.89. The van der Waals surface area contributed by atoms with Gasteiger partial charge in [0.1, 0.15) is 72.5 Å². The average molecular weight is 1850 g/mol. The van der Waals surface area contributed by atoms with Crippen LogP contribution in [0.2, 0.25) is 0 Å². The summed E-state index contributed by atoms with van der Waals surface area (Å²) >= 11 is 1.43. The van der Waals surface area contributed by atoms with Crippen molar-refractivity contribution in [2.24, 2.45) is 0 Å². The van der Waals surface area contributed by atoms with E-state index in [0.29, 0.717) is 110 Å². The minimum Gasteiger partial charge on any atom is -0.515 e. The first-order valence-corrected chi connectivity index (χ1v) is 39.8. The molecule has 44 heteroatoms. The van der Waals surface area contributed by atoms with Crippen molar-refractivity contribution in [3.05, 3.63) is 279 Å². The standard InChI is InChI=1S/C17H15F3N2O6S.2C17H15F3N2O4.C17H18N2O5.C17H18N2O4S/c1-27-15(24)12(8-23)11-6-4-3-5-10(11)9-28-14-7-13(17(18,19)20)21-16(22-14)29(2,25)26;2*1-10-21-14(17(18,19)20)7-15(22-10)26-9-11-5-3-4-6-12(11)13(8-23)16(24)25-2;1-11-8-15(19-17(18-11)23-3)24-10-12-6-4-5-7-13(12)14(9-20)16(21)22-2;1-11-8-15(19-17(18-11)24-3)23-10-12-6-4-5-7-13(12)14(9-20)16(21)22-2/h3-8,23H,9H2,1-2H3;2*3-8,23H,9H2,1-2H3;2*4-9,20H,10H2,1-3H3. The molecule has 0 saturated heterocycles. The largest absolute Gasteiger partial charge is 0.515 e. The van der Waals surface area contributed by atoms with Gasteiger partial charge >= 0.3 is 54.4 Å². The molecule has 0 aliphatic heterocycles. The van der Waals surface area contributed by atoms with Crippen molar-refractivity contribution < 1.29 is 150 Å². The van der Waals surface area contributed by atoms with E-state index in [1.54, 1.807) is 116 Å². The van der Waals surface area contributed by atoms with Crippen LogP contribution in [0.3, 0.4) is 0 Å². The summed E-state index contributed by atoms with van der Waals surface area (Å²) in [7, 11) is 3.28. The quantitative estimate of drug-likeness (QED) is 0.00578. The van der Waals surface area contributed by atoms with Crippen LogP contribution >= 0.6 is 11.8 Å². The Morgan fingerprint density at radius 1 is 0.349 bits per heavy atom. The Morgan fingerprint density at radius 2 is 0.597 bits per heavy atom. The van der Waals surface area contributed by atoms with E-state index in [0.717, 1.165) is 45.1 Å². The number of aliphatic hydroxyl groups excluding tert-OH is 5. The van der Waals surface area contributed by atoms with Crippen molar-refractivity contribution in [2.45, 2.75) is 89.6 Å². The van der Waals surface area contributed by atoms with Gasteiger partial charge in [0, 0.05) is 48.0 Å². The van der Waals surface area contributed by atoms with Crippen LogP contribution in [0.25, 0.3) is 27.9 Å². The summed E-state index contributed by atoms with van der Waals surface area (Å²) < 4.78 is 195. The van der Waals surface area contributed by atoms with E-state index in [2.05, 4.69) is 68.8 Å².